The van der Waals surface area contributed by atoms with Gasteiger partial charge in [-0.3, -0.25) is 4.79 Å². The molecule has 0 aromatic heterocycles. The van der Waals surface area contributed by atoms with E-state index in [1.165, 1.54) is 10.5 Å². The van der Waals surface area contributed by atoms with Crippen molar-refractivity contribution >= 4 is 17.7 Å². The Kier molecular flexibility index (Phi) is 5.49. The lowest BCUT2D eigenvalue weighted by Gasteiger charge is -2.26. The van der Waals surface area contributed by atoms with E-state index in [-0.39, 0.29) is 11.2 Å². The summed E-state index contributed by atoms with van der Waals surface area (Å²) in [6.45, 7) is 6.37. The predicted octanol–water partition coefficient (Wildman–Crippen LogP) is 2.83. The molecule has 110 valence electrons. The second-order valence-corrected chi connectivity index (χ2v) is 6.83. The average molecular weight is 293 g/mol. The number of rotatable bonds is 6. The molecule has 1 aromatic carbocycles. The van der Waals surface area contributed by atoms with E-state index < -0.39 is 0 Å². The van der Waals surface area contributed by atoms with Gasteiger partial charge >= 0.3 is 0 Å². The van der Waals surface area contributed by atoms with Crippen LogP contribution in [-0.2, 0) is 16.0 Å². The molecule has 1 aliphatic heterocycles. The summed E-state index contributed by atoms with van der Waals surface area (Å²) in [4.78, 5) is 15.9. The van der Waals surface area contributed by atoms with Crippen LogP contribution < -0.4 is 0 Å². The Labute approximate surface area is 125 Å². The highest BCUT2D eigenvalue weighted by atomic mass is 32.2. The van der Waals surface area contributed by atoms with Gasteiger partial charge in [-0.2, -0.15) is 0 Å². The summed E-state index contributed by atoms with van der Waals surface area (Å²) in [6.07, 6.45) is 0.848. The maximum atomic E-state index is 12.7. The number of carbonyl (C=O) groups is 1. The third-order valence-electron chi connectivity index (χ3n) is 3.39. The fourth-order valence-electron chi connectivity index (χ4n) is 2.46. The highest BCUT2D eigenvalue weighted by Gasteiger charge is 2.31. The van der Waals surface area contributed by atoms with Crippen LogP contribution in [0.2, 0.25) is 0 Å². The Balaban J connectivity index is 2.01. The number of hydrogen-bond donors (Lipinski definition) is 0. The zero-order valence-corrected chi connectivity index (χ0v) is 13.3. The minimum absolute atomic E-state index is 0.0306. The zero-order chi connectivity index (χ0) is 14.5. The number of amides is 1. The molecule has 0 N–H and O–H groups in total. The Bertz CT molecular complexity index is 437. The summed E-state index contributed by atoms with van der Waals surface area (Å²) >= 11 is 1.70. The Morgan fingerprint density at radius 2 is 2.20 bits per heavy atom. The molecule has 3 nitrogen and oxygen atoms in total. The van der Waals surface area contributed by atoms with Crippen molar-refractivity contribution in [1.29, 1.82) is 0 Å². The number of fused-ring (bicyclic) bond motifs is 1. The summed E-state index contributed by atoms with van der Waals surface area (Å²) in [5.74, 6) is 0.724. The monoisotopic (exact) mass is 293 g/mol. The van der Waals surface area contributed by atoms with Gasteiger partial charge in [-0.15, -0.1) is 11.8 Å². The van der Waals surface area contributed by atoms with Gasteiger partial charge in [0, 0.05) is 25.1 Å². The van der Waals surface area contributed by atoms with Crippen molar-refractivity contribution in [2.75, 3.05) is 26.8 Å². The highest BCUT2D eigenvalue weighted by molar-refractivity contribution is 8.01. The van der Waals surface area contributed by atoms with Crippen LogP contribution in [0.5, 0.6) is 0 Å². The number of methoxy groups -OCH3 is 1. The van der Waals surface area contributed by atoms with Gasteiger partial charge < -0.3 is 9.64 Å². The number of benzene rings is 1. The van der Waals surface area contributed by atoms with Gasteiger partial charge in [-0.1, -0.05) is 32.0 Å². The molecule has 0 bridgehead atoms. The van der Waals surface area contributed by atoms with Crippen molar-refractivity contribution in [3.8, 4) is 0 Å². The molecule has 0 saturated carbocycles. The van der Waals surface area contributed by atoms with Gasteiger partial charge in [0.15, 0.2) is 0 Å². The fraction of sp³-hybridized carbons (Fsp3) is 0.562. The maximum Gasteiger partial charge on any atom is 0.236 e. The summed E-state index contributed by atoms with van der Waals surface area (Å²) in [7, 11) is 1.68. The molecule has 1 aromatic rings. The lowest BCUT2D eigenvalue weighted by Crippen LogP contribution is -2.41. The molecule has 0 spiro atoms. The van der Waals surface area contributed by atoms with E-state index in [0.29, 0.717) is 19.1 Å². The first kappa shape index (κ1) is 15.4. The zero-order valence-electron chi connectivity index (χ0n) is 12.5. The molecule has 20 heavy (non-hydrogen) atoms. The lowest BCUT2D eigenvalue weighted by atomic mass is 10.1. The van der Waals surface area contributed by atoms with E-state index in [0.717, 1.165) is 13.0 Å². The SMILES string of the molecule is COCCN(CC(C)C)C(=O)C1Cc2ccccc2S1. The molecule has 0 saturated heterocycles. The van der Waals surface area contributed by atoms with Crippen molar-refractivity contribution in [3.05, 3.63) is 29.8 Å². The molecule has 0 fully saturated rings. The fourth-order valence-corrected chi connectivity index (χ4v) is 3.74. The largest absolute Gasteiger partial charge is 0.383 e. The van der Waals surface area contributed by atoms with E-state index in [4.69, 9.17) is 4.74 Å². The third kappa shape index (κ3) is 3.76. The van der Waals surface area contributed by atoms with Gasteiger partial charge in [0.05, 0.1) is 11.9 Å². The van der Waals surface area contributed by atoms with Gasteiger partial charge in [0.1, 0.15) is 0 Å². The first-order valence-corrected chi connectivity index (χ1v) is 8.02. The van der Waals surface area contributed by atoms with Crippen molar-refractivity contribution in [2.24, 2.45) is 5.92 Å². The molecule has 2 rings (SSSR count). The number of hydrogen-bond acceptors (Lipinski definition) is 3. The summed E-state index contributed by atoms with van der Waals surface area (Å²) in [6, 6.07) is 8.31. The van der Waals surface area contributed by atoms with Crippen LogP contribution in [0, 0.1) is 5.92 Å². The van der Waals surface area contributed by atoms with Crippen LogP contribution in [-0.4, -0.2) is 42.9 Å². The normalized spacial score (nSPS) is 17.3. The van der Waals surface area contributed by atoms with Crippen molar-refractivity contribution in [1.82, 2.24) is 4.90 Å². The van der Waals surface area contributed by atoms with Crippen LogP contribution in [0.15, 0.2) is 29.2 Å². The van der Waals surface area contributed by atoms with E-state index in [1.54, 1.807) is 18.9 Å². The topological polar surface area (TPSA) is 29.5 Å². The number of ether oxygens (including phenoxy) is 1. The molecule has 1 unspecified atom stereocenters. The van der Waals surface area contributed by atoms with Crippen LogP contribution in [0.3, 0.4) is 0 Å². The molecular formula is C16H23NO2S. The number of thioether (sulfide) groups is 1. The average Bonchev–Trinajstić information content (AvgIpc) is 2.86. The van der Waals surface area contributed by atoms with Crippen molar-refractivity contribution < 1.29 is 9.53 Å². The quantitative estimate of drug-likeness (QED) is 0.808. The Morgan fingerprint density at radius 3 is 2.85 bits per heavy atom. The molecule has 1 atom stereocenters. The molecule has 1 aliphatic rings. The van der Waals surface area contributed by atoms with Crippen LogP contribution >= 0.6 is 11.8 Å². The van der Waals surface area contributed by atoms with E-state index in [9.17, 15) is 4.79 Å². The smallest absolute Gasteiger partial charge is 0.236 e. The van der Waals surface area contributed by atoms with Crippen LogP contribution in [0.4, 0.5) is 0 Å². The van der Waals surface area contributed by atoms with Gasteiger partial charge in [-0.25, -0.2) is 0 Å². The van der Waals surface area contributed by atoms with Crippen molar-refractivity contribution in [2.45, 2.75) is 30.4 Å². The van der Waals surface area contributed by atoms with Crippen LogP contribution in [0.25, 0.3) is 0 Å². The lowest BCUT2D eigenvalue weighted by molar-refractivity contribution is -0.131. The molecule has 0 radical (unpaired) electrons. The third-order valence-corrected chi connectivity index (χ3v) is 4.69. The van der Waals surface area contributed by atoms with Crippen molar-refractivity contribution in [3.63, 3.8) is 0 Å². The summed E-state index contributed by atoms with van der Waals surface area (Å²) in [5.41, 5.74) is 1.30. The van der Waals surface area contributed by atoms with Gasteiger partial charge in [0.2, 0.25) is 5.91 Å². The first-order valence-electron chi connectivity index (χ1n) is 7.14. The maximum absolute atomic E-state index is 12.7. The highest BCUT2D eigenvalue weighted by Crippen LogP contribution is 2.37. The molecular weight excluding hydrogens is 270 g/mol. The van der Waals surface area contributed by atoms with E-state index in [1.807, 2.05) is 17.0 Å². The number of nitrogens with zero attached hydrogens (tertiary/aromatic N) is 1. The van der Waals surface area contributed by atoms with Gasteiger partial charge in [0.25, 0.3) is 0 Å². The minimum atomic E-state index is 0.0306. The standard InChI is InChI=1S/C16H23NO2S/c1-12(2)11-17(8-9-19-3)16(18)15-10-13-6-4-5-7-14(13)20-15/h4-7,12,15H,8-11H2,1-3H3. The van der Waals surface area contributed by atoms with E-state index >= 15 is 0 Å². The Morgan fingerprint density at radius 1 is 1.45 bits per heavy atom. The van der Waals surface area contributed by atoms with E-state index in [2.05, 4.69) is 26.0 Å². The van der Waals surface area contributed by atoms with Gasteiger partial charge in [-0.05, 0) is 24.0 Å². The molecule has 0 aliphatic carbocycles. The summed E-state index contributed by atoms with van der Waals surface area (Å²) < 4.78 is 5.13. The second kappa shape index (κ2) is 7.14. The molecule has 1 amide bonds. The first-order chi connectivity index (χ1) is 9.61. The van der Waals surface area contributed by atoms with Crippen LogP contribution in [0.1, 0.15) is 19.4 Å². The number of carbonyl (C=O) groups excluding carboxylic acids is 1. The molecule has 1 heterocycles. The molecule has 4 heteroatoms. The Hall–Kier alpha value is -1.00. The second-order valence-electron chi connectivity index (χ2n) is 5.59. The summed E-state index contributed by atoms with van der Waals surface area (Å²) in [5, 5.41) is 0.0306. The minimum Gasteiger partial charge on any atom is -0.383 e. The predicted molar refractivity (Wildman–Crippen MR) is 83.1 cm³/mol.